The lowest BCUT2D eigenvalue weighted by Gasteiger charge is -2.24. The van der Waals surface area contributed by atoms with Gasteiger partial charge in [-0.25, -0.2) is 9.44 Å². The first kappa shape index (κ1) is 11.3. The summed E-state index contributed by atoms with van der Waals surface area (Å²) in [5.41, 5.74) is 0. The van der Waals surface area contributed by atoms with Gasteiger partial charge in [-0.2, -0.15) is 13.1 Å². The Bertz CT molecular complexity index is 267. The second kappa shape index (κ2) is 4.14. The molecule has 13 heavy (non-hydrogen) atoms. The predicted molar refractivity (Wildman–Crippen MR) is 54.4 cm³/mol. The summed E-state index contributed by atoms with van der Waals surface area (Å²) in [6.45, 7) is 2.69. The van der Waals surface area contributed by atoms with Crippen LogP contribution in [0.4, 0.5) is 0 Å². The van der Waals surface area contributed by atoms with Gasteiger partial charge in [0.15, 0.2) is 0 Å². The molecule has 0 spiro atoms. The van der Waals surface area contributed by atoms with Crippen LogP contribution in [0.5, 0.6) is 0 Å². The third-order valence-electron chi connectivity index (χ3n) is 2.20. The predicted octanol–water partition coefficient (Wildman–Crippen LogP) is -0.523. The molecule has 7 heteroatoms. The van der Waals surface area contributed by atoms with Gasteiger partial charge in [-0.15, -0.1) is 0 Å². The number of thiol groups is 1. The minimum atomic E-state index is -3.59. The highest BCUT2D eigenvalue weighted by Crippen LogP contribution is 2.21. The van der Waals surface area contributed by atoms with Gasteiger partial charge in [0, 0.05) is 18.6 Å². The highest BCUT2D eigenvalue weighted by Gasteiger charge is 2.28. The van der Waals surface area contributed by atoms with E-state index in [1.165, 1.54) is 0 Å². The molecule has 0 radical (unpaired) electrons. The van der Waals surface area contributed by atoms with Crippen molar-refractivity contribution in [1.82, 2.24) is 9.03 Å². The zero-order chi connectivity index (χ0) is 10.1. The second-order valence-electron chi connectivity index (χ2n) is 3.32. The van der Waals surface area contributed by atoms with Crippen LogP contribution in [0.25, 0.3) is 0 Å². The Labute approximate surface area is 84.4 Å². The van der Waals surface area contributed by atoms with E-state index in [2.05, 4.69) is 17.5 Å². The van der Waals surface area contributed by atoms with Crippen molar-refractivity contribution >= 4 is 23.0 Å². The molecule has 78 valence electrons. The Kier molecular flexibility index (Phi) is 3.58. The van der Waals surface area contributed by atoms with Gasteiger partial charge in [-0.05, 0) is 19.8 Å². The van der Waals surface area contributed by atoms with Crippen LogP contribution in [0.2, 0.25) is 0 Å². The van der Waals surface area contributed by atoms with E-state index in [-0.39, 0.29) is 12.1 Å². The van der Waals surface area contributed by atoms with Gasteiger partial charge in [-0.1, -0.05) is 12.8 Å². The summed E-state index contributed by atoms with van der Waals surface area (Å²) in [5, 5.41) is 4.87. The van der Waals surface area contributed by atoms with Gasteiger partial charge in [0.1, 0.15) is 0 Å². The molecule has 1 aliphatic heterocycles. The monoisotopic (exact) mass is 225 g/mol. The SMILES string of the molecule is CC(NS(N)(=O)=O)C1CCCN1S. The molecule has 1 rings (SSSR count). The molecule has 0 saturated carbocycles. The van der Waals surface area contributed by atoms with E-state index in [1.54, 1.807) is 6.92 Å². The van der Waals surface area contributed by atoms with E-state index < -0.39 is 10.2 Å². The summed E-state index contributed by atoms with van der Waals surface area (Å²) in [4.78, 5) is 0. The highest BCUT2D eigenvalue weighted by molar-refractivity contribution is 7.87. The molecular formula is C6H15N3O2S2. The Morgan fingerprint density at radius 3 is 2.69 bits per heavy atom. The van der Waals surface area contributed by atoms with Gasteiger partial charge in [0.05, 0.1) is 0 Å². The van der Waals surface area contributed by atoms with Crippen LogP contribution in [-0.4, -0.2) is 31.4 Å². The number of hydrogen-bond donors (Lipinski definition) is 3. The molecule has 0 aromatic rings. The lowest BCUT2D eigenvalue weighted by Crippen LogP contribution is -2.46. The molecule has 0 aliphatic carbocycles. The Morgan fingerprint density at radius 1 is 1.69 bits per heavy atom. The maximum absolute atomic E-state index is 10.7. The number of rotatable bonds is 3. The topological polar surface area (TPSA) is 75.4 Å². The van der Waals surface area contributed by atoms with Crippen LogP contribution in [0.15, 0.2) is 0 Å². The van der Waals surface area contributed by atoms with Crippen LogP contribution in [0, 0.1) is 0 Å². The summed E-state index contributed by atoms with van der Waals surface area (Å²) in [5.74, 6) is 0. The Hall–Kier alpha value is 0.180. The average Bonchev–Trinajstić information content (AvgIpc) is 2.30. The van der Waals surface area contributed by atoms with E-state index in [4.69, 9.17) is 5.14 Å². The molecule has 2 atom stereocenters. The van der Waals surface area contributed by atoms with Crippen molar-refractivity contribution in [2.24, 2.45) is 5.14 Å². The van der Waals surface area contributed by atoms with Crippen LogP contribution in [0.1, 0.15) is 19.8 Å². The number of hydrogen-bond acceptors (Lipinski definition) is 4. The fourth-order valence-electron chi connectivity index (χ4n) is 1.62. The molecule has 1 heterocycles. The van der Waals surface area contributed by atoms with Crippen molar-refractivity contribution in [3.63, 3.8) is 0 Å². The standard InChI is InChI=1S/C6H15N3O2S2/c1-5(8-13(7,10)11)6-3-2-4-9(6)12/h5-6,8,12H,2-4H2,1H3,(H2,7,10,11). The molecule has 5 nitrogen and oxygen atoms in total. The average molecular weight is 225 g/mol. The molecule has 0 bridgehead atoms. The Balaban J connectivity index is 2.52. The minimum Gasteiger partial charge on any atom is -0.249 e. The number of nitrogens with zero attached hydrogens (tertiary/aromatic N) is 1. The van der Waals surface area contributed by atoms with E-state index in [9.17, 15) is 8.42 Å². The third kappa shape index (κ3) is 3.43. The highest BCUT2D eigenvalue weighted by atomic mass is 32.2. The van der Waals surface area contributed by atoms with Crippen molar-refractivity contribution in [3.05, 3.63) is 0 Å². The molecule has 1 saturated heterocycles. The fraction of sp³-hybridized carbons (Fsp3) is 1.00. The first-order valence-corrected chi connectivity index (χ1v) is 6.10. The van der Waals surface area contributed by atoms with Gasteiger partial charge >= 0.3 is 0 Å². The summed E-state index contributed by atoms with van der Waals surface area (Å²) in [6.07, 6.45) is 2.00. The summed E-state index contributed by atoms with van der Waals surface area (Å²) in [7, 11) is -3.59. The molecule has 2 unspecified atom stereocenters. The molecule has 3 N–H and O–H groups in total. The largest absolute Gasteiger partial charge is 0.274 e. The van der Waals surface area contributed by atoms with Crippen molar-refractivity contribution in [2.75, 3.05) is 6.54 Å². The quantitative estimate of drug-likeness (QED) is 0.566. The maximum Gasteiger partial charge on any atom is 0.274 e. The lowest BCUT2D eigenvalue weighted by molar-refractivity contribution is 0.369. The van der Waals surface area contributed by atoms with Crippen LogP contribution < -0.4 is 9.86 Å². The summed E-state index contributed by atoms with van der Waals surface area (Å²) >= 11 is 4.23. The molecule has 1 aliphatic rings. The van der Waals surface area contributed by atoms with E-state index in [1.807, 2.05) is 4.31 Å². The molecule has 0 aromatic carbocycles. The van der Waals surface area contributed by atoms with Crippen LogP contribution in [-0.2, 0) is 10.2 Å². The van der Waals surface area contributed by atoms with Crippen LogP contribution >= 0.6 is 12.8 Å². The van der Waals surface area contributed by atoms with Crippen molar-refractivity contribution in [3.8, 4) is 0 Å². The molecular weight excluding hydrogens is 210 g/mol. The lowest BCUT2D eigenvalue weighted by atomic mass is 10.1. The number of nitrogens with one attached hydrogen (secondary N) is 1. The Morgan fingerprint density at radius 2 is 2.31 bits per heavy atom. The maximum atomic E-state index is 10.7. The third-order valence-corrected chi connectivity index (χ3v) is 3.39. The fourth-order valence-corrected chi connectivity index (χ4v) is 2.76. The van der Waals surface area contributed by atoms with Gasteiger partial charge in [0.2, 0.25) is 0 Å². The first-order chi connectivity index (χ1) is 5.90. The van der Waals surface area contributed by atoms with Gasteiger partial charge in [0.25, 0.3) is 10.2 Å². The zero-order valence-corrected chi connectivity index (χ0v) is 9.18. The smallest absolute Gasteiger partial charge is 0.249 e. The van der Waals surface area contributed by atoms with Crippen molar-refractivity contribution in [1.29, 1.82) is 0 Å². The molecule has 0 amide bonds. The minimum absolute atomic E-state index is 0.140. The van der Waals surface area contributed by atoms with E-state index in [0.29, 0.717) is 0 Å². The molecule has 0 aromatic heterocycles. The van der Waals surface area contributed by atoms with Crippen molar-refractivity contribution < 1.29 is 8.42 Å². The summed E-state index contributed by atoms with van der Waals surface area (Å²) in [6, 6.07) is -0.0448. The normalized spacial score (nSPS) is 27.8. The first-order valence-electron chi connectivity index (χ1n) is 4.16. The van der Waals surface area contributed by atoms with Crippen molar-refractivity contribution in [2.45, 2.75) is 31.8 Å². The summed E-state index contributed by atoms with van der Waals surface area (Å²) < 4.78 is 25.7. The van der Waals surface area contributed by atoms with E-state index >= 15 is 0 Å². The second-order valence-corrected chi connectivity index (χ2v) is 5.16. The zero-order valence-electron chi connectivity index (χ0n) is 7.47. The van der Waals surface area contributed by atoms with Crippen LogP contribution in [0.3, 0.4) is 0 Å². The molecule has 1 fully saturated rings. The van der Waals surface area contributed by atoms with Gasteiger partial charge < -0.3 is 0 Å². The number of nitrogens with two attached hydrogens (primary N) is 1. The van der Waals surface area contributed by atoms with E-state index in [0.717, 1.165) is 19.4 Å². The van der Waals surface area contributed by atoms with Gasteiger partial charge in [-0.3, -0.25) is 0 Å².